The summed E-state index contributed by atoms with van der Waals surface area (Å²) in [4.78, 5) is 24.5. The van der Waals surface area contributed by atoms with Crippen molar-refractivity contribution < 1.29 is 19.1 Å². The Labute approximate surface area is 141 Å². The highest BCUT2D eigenvalue weighted by atomic mass is 16.5. The first-order valence-corrected chi connectivity index (χ1v) is 8.21. The van der Waals surface area contributed by atoms with Crippen LogP contribution in [0.5, 0.6) is 5.75 Å². The molecule has 2 N–H and O–H groups in total. The minimum atomic E-state index is -0.529. The number of nitrogens with one attached hydrogen (secondary N) is 2. The number of carbonyl (C=O) groups is 2. The van der Waals surface area contributed by atoms with Crippen molar-refractivity contribution in [3.63, 3.8) is 0 Å². The van der Waals surface area contributed by atoms with Gasteiger partial charge in [0, 0.05) is 5.70 Å². The highest BCUT2D eigenvalue weighted by Gasteiger charge is 2.33. The molecule has 24 heavy (non-hydrogen) atoms. The van der Waals surface area contributed by atoms with Crippen molar-refractivity contribution in [2.24, 2.45) is 0 Å². The van der Waals surface area contributed by atoms with Gasteiger partial charge >= 0.3 is 12.0 Å². The topological polar surface area (TPSA) is 76.7 Å². The van der Waals surface area contributed by atoms with Crippen LogP contribution in [0.25, 0.3) is 0 Å². The zero-order valence-electron chi connectivity index (χ0n) is 13.9. The van der Waals surface area contributed by atoms with Crippen LogP contribution in [-0.2, 0) is 9.53 Å². The lowest BCUT2D eigenvalue weighted by Crippen LogP contribution is -2.45. The van der Waals surface area contributed by atoms with Gasteiger partial charge < -0.3 is 20.1 Å². The maximum absolute atomic E-state index is 12.7. The molecule has 2 amide bonds. The molecule has 1 aromatic rings. The van der Waals surface area contributed by atoms with Gasteiger partial charge in [-0.25, -0.2) is 9.59 Å². The first kappa shape index (κ1) is 16.4. The van der Waals surface area contributed by atoms with E-state index in [1.54, 1.807) is 26.2 Å². The summed E-state index contributed by atoms with van der Waals surface area (Å²) in [6, 6.07) is 6.43. The van der Waals surface area contributed by atoms with Crippen molar-refractivity contribution in [3.05, 3.63) is 41.1 Å². The molecule has 0 bridgehead atoms. The van der Waals surface area contributed by atoms with Crippen LogP contribution in [-0.4, -0.2) is 25.2 Å². The third-order valence-corrected chi connectivity index (χ3v) is 4.51. The third kappa shape index (κ3) is 3.37. The molecule has 1 saturated carbocycles. The predicted molar refractivity (Wildman–Crippen MR) is 88.5 cm³/mol. The summed E-state index contributed by atoms with van der Waals surface area (Å²) < 4.78 is 10.8. The highest BCUT2D eigenvalue weighted by Crippen LogP contribution is 2.30. The molecule has 0 aromatic heterocycles. The van der Waals surface area contributed by atoms with Crippen molar-refractivity contribution in [2.45, 2.75) is 44.8 Å². The molecule has 0 saturated heterocycles. The molecule has 1 fully saturated rings. The maximum Gasteiger partial charge on any atom is 0.338 e. The first-order chi connectivity index (χ1) is 11.6. The smallest absolute Gasteiger partial charge is 0.338 e. The lowest BCUT2D eigenvalue weighted by Gasteiger charge is -2.29. The summed E-state index contributed by atoms with van der Waals surface area (Å²) in [7, 11) is 1.59. The number of allylic oxidation sites excluding steroid dienone is 1. The van der Waals surface area contributed by atoms with E-state index < -0.39 is 6.04 Å². The minimum absolute atomic E-state index is 0.0213. The Morgan fingerprint density at radius 1 is 1.17 bits per heavy atom. The summed E-state index contributed by atoms with van der Waals surface area (Å²) in [6.07, 6.45) is 3.97. The molecule has 0 radical (unpaired) electrons. The van der Waals surface area contributed by atoms with E-state index in [2.05, 4.69) is 10.6 Å². The van der Waals surface area contributed by atoms with E-state index in [0.717, 1.165) is 37.0 Å². The van der Waals surface area contributed by atoms with E-state index in [9.17, 15) is 9.59 Å². The number of hydrogen-bond acceptors (Lipinski definition) is 4. The fourth-order valence-corrected chi connectivity index (χ4v) is 3.23. The Morgan fingerprint density at radius 2 is 1.83 bits per heavy atom. The summed E-state index contributed by atoms with van der Waals surface area (Å²) in [5.74, 6) is 0.350. The summed E-state index contributed by atoms with van der Waals surface area (Å²) in [5, 5.41) is 5.47. The number of urea groups is 1. The molecule has 1 heterocycles. The van der Waals surface area contributed by atoms with E-state index in [-0.39, 0.29) is 18.1 Å². The Kier molecular flexibility index (Phi) is 4.74. The Hall–Kier alpha value is -2.50. The molecule has 6 heteroatoms. The van der Waals surface area contributed by atoms with Gasteiger partial charge in [0.15, 0.2) is 0 Å². The first-order valence-electron chi connectivity index (χ1n) is 8.21. The second kappa shape index (κ2) is 6.95. The van der Waals surface area contributed by atoms with Crippen molar-refractivity contribution in [3.8, 4) is 5.75 Å². The molecule has 0 spiro atoms. The number of amides is 2. The van der Waals surface area contributed by atoms with Crippen LogP contribution in [0, 0.1) is 0 Å². The normalized spacial score (nSPS) is 21.2. The van der Waals surface area contributed by atoms with E-state index in [1.165, 1.54) is 0 Å². The molecule has 1 atom stereocenters. The van der Waals surface area contributed by atoms with Gasteiger partial charge in [-0.2, -0.15) is 0 Å². The highest BCUT2D eigenvalue weighted by molar-refractivity contribution is 5.95. The van der Waals surface area contributed by atoms with Gasteiger partial charge in [-0.05, 0) is 50.3 Å². The quantitative estimate of drug-likeness (QED) is 0.832. The zero-order valence-corrected chi connectivity index (χ0v) is 13.9. The zero-order chi connectivity index (χ0) is 17.1. The van der Waals surface area contributed by atoms with Gasteiger partial charge in [0.2, 0.25) is 0 Å². The number of carbonyl (C=O) groups excluding carboxylic acids is 2. The van der Waals surface area contributed by atoms with Crippen LogP contribution in [0.3, 0.4) is 0 Å². The molecule has 6 nitrogen and oxygen atoms in total. The Morgan fingerprint density at radius 3 is 2.46 bits per heavy atom. The SMILES string of the molecule is COc1ccc(C2NC(=O)NC(C)=C2C(=O)OC2CCCC2)cc1. The fraction of sp³-hybridized carbons (Fsp3) is 0.444. The Balaban J connectivity index is 1.87. The third-order valence-electron chi connectivity index (χ3n) is 4.51. The van der Waals surface area contributed by atoms with E-state index in [4.69, 9.17) is 9.47 Å². The van der Waals surface area contributed by atoms with Crippen LogP contribution in [0.2, 0.25) is 0 Å². The van der Waals surface area contributed by atoms with Crippen LogP contribution >= 0.6 is 0 Å². The van der Waals surface area contributed by atoms with Crippen LogP contribution in [0.4, 0.5) is 4.79 Å². The molecule has 1 aliphatic carbocycles. The average Bonchev–Trinajstić information content (AvgIpc) is 3.07. The van der Waals surface area contributed by atoms with Gasteiger partial charge in [0.25, 0.3) is 0 Å². The second-order valence-electron chi connectivity index (χ2n) is 6.16. The van der Waals surface area contributed by atoms with E-state index >= 15 is 0 Å². The van der Waals surface area contributed by atoms with Gasteiger partial charge in [0.05, 0.1) is 18.7 Å². The largest absolute Gasteiger partial charge is 0.497 e. The number of esters is 1. The monoisotopic (exact) mass is 330 g/mol. The van der Waals surface area contributed by atoms with Crippen LogP contribution in [0.1, 0.15) is 44.2 Å². The standard InChI is InChI=1S/C18H22N2O4/c1-11-15(17(21)24-14-5-3-4-6-14)16(20-18(22)19-11)12-7-9-13(23-2)10-8-12/h7-10,14,16H,3-6H2,1-2H3,(H2,19,20,22). The fourth-order valence-electron chi connectivity index (χ4n) is 3.23. The molecule has 1 aromatic carbocycles. The van der Waals surface area contributed by atoms with Crippen LogP contribution in [0.15, 0.2) is 35.5 Å². The average molecular weight is 330 g/mol. The predicted octanol–water partition coefficient (Wildman–Crippen LogP) is 2.81. The van der Waals surface area contributed by atoms with Crippen molar-refractivity contribution in [1.29, 1.82) is 0 Å². The molecule has 1 aliphatic heterocycles. The van der Waals surface area contributed by atoms with Gasteiger partial charge in [0.1, 0.15) is 11.9 Å². The molecule has 128 valence electrons. The number of benzene rings is 1. The molecule has 1 unspecified atom stereocenters. The molecule has 3 rings (SSSR count). The van der Waals surface area contributed by atoms with Crippen molar-refractivity contribution in [1.82, 2.24) is 10.6 Å². The van der Waals surface area contributed by atoms with Crippen molar-refractivity contribution >= 4 is 12.0 Å². The summed E-state index contributed by atoms with van der Waals surface area (Å²) in [5.41, 5.74) is 1.79. The number of hydrogen-bond donors (Lipinski definition) is 2. The van der Waals surface area contributed by atoms with Gasteiger partial charge in [-0.1, -0.05) is 12.1 Å². The van der Waals surface area contributed by atoms with Crippen molar-refractivity contribution in [2.75, 3.05) is 7.11 Å². The summed E-state index contributed by atoms with van der Waals surface area (Å²) in [6.45, 7) is 1.72. The van der Waals surface area contributed by atoms with E-state index in [1.807, 2.05) is 12.1 Å². The maximum atomic E-state index is 12.7. The lowest BCUT2D eigenvalue weighted by molar-refractivity contribution is -0.144. The Bertz CT molecular complexity index is 660. The number of ether oxygens (including phenoxy) is 2. The molecule has 2 aliphatic rings. The molecular formula is C18H22N2O4. The van der Waals surface area contributed by atoms with E-state index in [0.29, 0.717) is 11.3 Å². The lowest BCUT2D eigenvalue weighted by atomic mass is 9.95. The summed E-state index contributed by atoms with van der Waals surface area (Å²) >= 11 is 0. The molecular weight excluding hydrogens is 308 g/mol. The minimum Gasteiger partial charge on any atom is -0.497 e. The van der Waals surface area contributed by atoms with Gasteiger partial charge in [-0.3, -0.25) is 0 Å². The van der Waals surface area contributed by atoms with Gasteiger partial charge in [-0.15, -0.1) is 0 Å². The number of rotatable bonds is 4. The number of methoxy groups -OCH3 is 1. The van der Waals surface area contributed by atoms with Crippen LogP contribution < -0.4 is 15.4 Å². The second-order valence-corrected chi connectivity index (χ2v) is 6.16.